The number of aromatic nitrogens is 1. The van der Waals surface area contributed by atoms with E-state index in [1.165, 1.54) is 11.3 Å². The quantitative estimate of drug-likeness (QED) is 0.906. The van der Waals surface area contributed by atoms with Gasteiger partial charge in [0.05, 0.1) is 21.3 Å². The molecular formula is C11H8Cl2N2OS. The molecule has 0 aliphatic rings. The Morgan fingerprint density at radius 3 is 2.53 bits per heavy atom. The Hall–Kier alpha value is -1.10. The van der Waals surface area contributed by atoms with Crippen molar-refractivity contribution in [3.63, 3.8) is 0 Å². The van der Waals surface area contributed by atoms with E-state index in [1.54, 1.807) is 18.2 Å². The fraction of sp³-hybridized carbons (Fsp3) is 0.0909. The molecule has 0 atom stereocenters. The Bertz CT molecular complexity index is 548. The molecule has 1 aromatic heterocycles. The predicted octanol–water partition coefficient (Wildman–Crippen LogP) is 4.01. The van der Waals surface area contributed by atoms with Crippen LogP contribution in [0.4, 0.5) is 5.13 Å². The monoisotopic (exact) mass is 286 g/mol. The smallest absolute Gasteiger partial charge is 0.260 e. The first kappa shape index (κ1) is 12.4. The summed E-state index contributed by atoms with van der Waals surface area (Å²) in [4.78, 5) is 16.1. The van der Waals surface area contributed by atoms with Crippen molar-refractivity contribution in [2.45, 2.75) is 6.92 Å². The number of amides is 1. The number of aryl methyl sites for hydroxylation is 1. The number of carbonyl (C=O) groups is 1. The highest BCUT2D eigenvalue weighted by Gasteiger charge is 2.15. The van der Waals surface area contributed by atoms with Crippen LogP contribution in [0.3, 0.4) is 0 Å². The average molecular weight is 287 g/mol. The Balaban J connectivity index is 2.26. The molecule has 1 amide bonds. The lowest BCUT2D eigenvalue weighted by molar-refractivity contribution is 0.102. The summed E-state index contributed by atoms with van der Waals surface area (Å²) < 4.78 is 0. The Morgan fingerprint density at radius 2 is 2.00 bits per heavy atom. The van der Waals surface area contributed by atoms with Crippen LogP contribution in [-0.2, 0) is 0 Å². The van der Waals surface area contributed by atoms with Gasteiger partial charge in [-0.25, -0.2) is 4.98 Å². The molecule has 6 heteroatoms. The maximum atomic E-state index is 12.0. The van der Waals surface area contributed by atoms with Crippen molar-refractivity contribution >= 4 is 45.6 Å². The minimum atomic E-state index is -0.352. The highest BCUT2D eigenvalue weighted by Crippen LogP contribution is 2.25. The van der Waals surface area contributed by atoms with Crippen LogP contribution in [0.5, 0.6) is 0 Å². The van der Waals surface area contributed by atoms with Crippen molar-refractivity contribution in [2.24, 2.45) is 0 Å². The summed E-state index contributed by atoms with van der Waals surface area (Å²) in [5.41, 5.74) is 1.12. The summed E-state index contributed by atoms with van der Waals surface area (Å²) in [6.07, 6.45) is 0. The van der Waals surface area contributed by atoms with Gasteiger partial charge < -0.3 is 0 Å². The molecule has 0 radical (unpaired) electrons. The third-order valence-corrected chi connectivity index (χ3v) is 3.53. The van der Waals surface area contributed by atoms with E-state index in [2.05, 4.69) is 10.3 Å². The summed E-state index contributed by atoms with van der Waals surface area (Å²) >= 11 is 13.2. The van der Waals surface area contributed by atoms with Crippen LogP contribution < -0.4 is 5.32 Å². The van der Waals surface area contributed by atoms with Crippen LogP contribution in [0, 0.1) is 6.92 Å². The number of thiazole rings is 1. The van der Waals surface area contributed by atoms with Gasteiger partial charge in [0.15, 0.2) is 5.13 Å². The molecule has 3 nitrogen and oxygen atoms in total. The number of benzene rings is 1. The predicted molar refractivity (Wildman–Crippen MR) is 71.3 cm³/mol. The van der Waals surface area contributed by atoms with E-state index in [4.69, 9.17) is 23.2 Å². The third-order valence-electron chi connectivity index (χ3n) is 2.03. The number of rotatable bonds is 2. The second kappa shape index (κ2) is 5.04. The summed E-state index contributed by atoms with van der Waals surface area (Å²) in [5, 5.41) is 5.69. The van der Waals surface area contributed by atoms with Gasteiger partial charge in [0, 0.05) is 5.38 Å². The minimum Gasteiger partial charge on any atom is -0.298 e. The minimum absolute atomic E-state index is 0.267. The van der Waals surface area contributed by atoms with Gasteiger partial charge in [0.25, 0.3) is 5.91 Å². The first-order valence-electron chi connectivity index (χ1n) is 4.75. The van der Waals surface area contributed by atoms with Gasteiger partial charge in [-0.2, -0.15) is 0 Å². The van der Waals surface area contributed by atoms with Crippen molar-refractivity contribution in [3.8, 4) is 0 Å². The first-order chi connectivity index (χ1) is 8.08. The molecule has 0 saturated heterocycles. The molecule has 2 aromatic rings. The Labute approximate surface area is 112 Å². The van der Waals surface area contributed by atoms with Gasteiger partial charge in [-0.05, 0) is 19.1 Å². The largest absolute Gasteiger partial charge is 0.298 e. The summed E-state index contributed by atoms with van der Waals surface area (Å²) in [6.45, 7) is 1.86. The molecule has 0 spiro atoms. The number of hydrogen-bond donors (Lipinski definition) is 1. The van der Waals surface area contributed by atoms with Gasteiger partial charge in [-0.1, -0.05) is 29.3 Å². The molecule has 0 saturated carbocycles. The topological polar surface area (TPSA) is 42.0 Å². The third kappa shape index (κ3) is 2.77. The van der Waals surface area contributed by atoms with E-state index in [0.29, 0.717) is 15.2 Å². The molecular weight excluding hydrogens is 279 g/mol. The van der Waals surface area contributed by atoms with Crippen LogP contribution >= 0.6 is 34.5 Å². The lowest BCUT2D eigenvalue weighted by Crippen LogP contribution is -2.12. The Morgan fingerprint density at radius 1 is 1.35 bits per heavy atom. The standard InChI is InChI=1S/C11H8Cl2N2OS/c1-6-5-17-11(14-6)15-10(16)9-7(12)3-2-4-8(9)13/h2-5H,1H3,(H,14,15,16). The second-order valence-electron chi connectivity index (χ2n) is 3.34. The maximum absolute atomic E-state index is 12.0. The van der Waals surface area contributed by atoms with E-state index < -0.39 is 0 Å². The molecule has 1 aromatic carbocycles. The van der Waals surface area contributed by atoms with Crippen molar-refractivity contribution in [1.29, 1.82) is 0 Å². The van der Waals surface area contributed by atoms with Gasteiger partial charge in [-0.15, -0.1) is 11.3 Å². The molecule has 0 aliphatic heterocycles. The molecule has 1 N–H and O–H groups in total. The zero-order valence-corrected chi connectivity index (χ0v) is 11.2. The van der Waals surface area contributed by atoms with Gasteiger partial charge >= 0.3 is 0 Å². The van der Waals surface area contributed by atoms with Gasteiger partial charge in [0.1, 0.15) is 0 Å². The lowest BCUT2D eigenvalue weighted by atomic mass is 10.2. The van der Waals surface area contributed by atoms with E-state index >= 15 is 0 Å². The van der Waals surface area contributed by atoms with E-state index in [-0.39, 0.29) is 11.5 Å². The molecule has 0 bridgehead atoms. The zero-order chi connectivity index (χ0) is 12.4. The number of anilines is 1. The van der Waals surface area contributed by atoms with Crippen molar-refractivity contribution in [2.75, 3.05) is 5.32 Å². The molecule has 1 heterocycles. The lowest BCUT2D eigenvalue weighted by Gasteiger charge is -2.05. The maximum Gasteiger partial charge on any atom is 0.260 e. The van der Waals surface area contributed by atoms with Crippen LogP contribution in [0.15, 0.2) is 23.6 Å². The number of nitrogens with one attached hydrogen (secondary N) is 1. The van der Waals surface area contributed by atoms with Crippen LogP contribution in [0.1, 0.15) is 16.1 Å². The van der Waals surface area contributed by atoms with Crippen molar-refractivity contribution in [1.82, 2.24) is 4.98 Å². The van der Waals surface area contributed by atoms with E-state index in [9.17, 15) is 4.79 Å². The number of nitrogens with zero attached hydrogens (tertiary/aromatic N) is 1. The molecule has 0 unspecified atom stereocenters. The van der Waals surface area contributed by atoms with Crippen molar-refractivity contribution in [3.05, 3.63) is 44.9 Å². The zero-order valence-electron chi connectivity index (χ0n) is 8.83. The fourth-order valence-electron chi connectivity index (χ4n) is 1.29. The van der Waals surface area contributed by atoms with Crippen LogP contribution in [0.25, 0.3) is 0 Å². The molecule has 0 aliphatic carbocycles. The van der Waals surface area contributed by atoms with Crippen LogP contribution in [0.2, 0.25) is 10.0 Å². The van der Waals surface area contributed by atoms with E-state index in [1.807, 2.05) is 12.3 Å². The number of halogens is 2. The van der Waals surface area contributed by atoms with Crippen molar-refractivity contribution < 1.29 is 4.79 Å². The number of hydrogen-bond acceptors (Lipinski definition) is 3. The van der Waals surface area contributed by atoms with E-state index in [0.717, 1.165) is 5.69 Å². The number of carbonyl (C=O) groups excluding carboxylic acids is 1. The second-order valence-corrected chi connectivity index (χ2v) is 5.02. The van der Waals surface area contributed by atoms with Crippen LogP contribution in [-0.4, -0.2) is 10.9 Å². The highest BCUT2D eigenvalue weighted by molar-refractivity contribution is 7.13. The SMILES string of the molecule is Cc1csc(NC(=O)c2c(Cl)cccc2Cl)n1. The average Bonchev–Trinajstić information content (AvgIpc) is 2.63. The summed E-state index contributed by atoms with van der Waals surface area (Å²) in [7, 11) is 0. The molecule has 17 heavy (non-hydrogen) atoms. The molecule has 0 fully saturated rings. The summed E-state index contributed by atoms with van der Waals surface area (Å²) in [6, 6.07) is 4.93. The molecule has 88 valence electrons. The fourth-order valence-corrected chi connectivity index (χ4v) is 2.54. The molecule has 2 rings (SSSR count). The van der Waals surface area contributed by atoms with Gasteiger partial charge in [0.2, 0.25) is 0 Å². The van der Waals surface area contributed by atoms with Gasteiger partial charge in [-0.3, -0.25) is 10.1 Å². The summed E-state index contributed by atoms with van der Waals surface area (Å²) in [5.74, 6) is -0.352. The normalized spacial score (nSPS) is 10.3. The first-order valence-corrected chi connectivity index (χ1v) is 6.39. The highest BCUT2D eigenvalue weighted by atomic mass is 35.5. The Kier molecular flexibility index (Phi) is 3.66.